The first-order valence-corrected chi connectivity index (χ1v) is 7.70. The first kappa shape index (κ1) is 17.1. The van der Waals surface area contributed by atoms with Gasteiger partial charge >= 0.3 is 0 Å². The van der Waals surface area contributed by atoms with E-state index < -0.39 is 16.8 Å². The molecule has 2 rings (SSSR count). The topological polar surface area (TPSA) is 87.9 Å². The summed E-state index contributed by atoms with van der Waals surface area (Å²) in [7, 11) is 0. The van der Waals surface area contributed by atoms with Gasteiger partial charge in [-0.2, -0.15) is 0 Å². The molecule has 7 heteroatoms. The molecule has 2 saturated heterocycles. The molecule has 7 nitrogen and oxygen atoms in total. The molecule has 4 unspecified atom stereocenters. The fourth-order valence-electron chi connectivity index (χ4n) is 3.17. The highest BCUT2D eigenvalue weighted by molar-refractivity contribution is 5.78. The van der Waals surface area contributed by atoms with Crippen molar-refractivity contribution in [2.45, 2.75) is 64.8 Å². The van der Waals surface area contributed by atoms with Crippen LogP contribution < -0.4 is 0 Å². The van der Waals surface area contributed by atoms with E-state index in [0.717, 1.165) is 6.42 Å². The molecule has 0 N–H and O–H groups in total. The maximum absolute atomic E-state index is 12.1. The van der Waals surface area contributed by atoms with Crippen molar-refractivity contribution < 1.29 is 24.2 Å². The summed E-state index contributed by atoms with van der Waals surface area (Å²) in [4.78, 5) is 27.4. The van der Waals surface area contributed by atoms with Gasteiger partial charge in [-0.1, -0.05) is 20.8 Å². The third-order valence-corrected chi connectivity index (χ3v) is 4.52. The van der Waals surface area contributed by atoms with Crippen molar-refractivity contribution in [2.75, 3.05) is 13.2 Å². The summed E-state index contributed by atoms with van der Waals surface area (Å²) in [5.74, 6) is 0.132. The normalized spacial score (nSPS) is 34.5. The van der Waals surface area contributed by atoms with Crippen LogP contribution in [0.15, 0.2) is 0 Å². The molecule has 0 aromatic heterocycles. The molecule has 0 amide bonds. The predicted molar refractivity (Wildman–Crippen MR) is 77.8 cm³/mol. The summed E-state index contributed by atoms with van der Waals surface area (Å²) >= 11 is 0. The molecule has 2 aliphatic rings. The van der Waals surface area contributed by atoms with E-state index in [1.54, 1.807) is 6.92 Å². The lowest BCUT2D eigenvalue weighted by Crippen LogP contribution is -2.45. The molecule has 2 aliphatic heterocycles. The van der Waals surface area contributed by atoms with Crippen LogP contribution in [-0.2, 0) is 19.1 Å². The highest BCUT2D eigenvalue weighted by atomic mass is 17.0. The van der Waals surface area contributed by atoms with E-state index >= 15 is 0 Å². The first-order chi connectivity index (χ1) is 10.1. The highest BCUT2D eigenvalue weighted by Crippen LogP contribution is 2.43. The molecule has 22 heavy (non-hydrogen) atoms. The molecule has 0 radical (unpaired) electrons. The van der Waals surface area contributed by atoms with Crippen LogP contribution in [-0.4, -0.2) is 41.9 Å². The number of carbonyl (C=O) groups excluding carboxylic acids is 1. The van der Waals surface area contributed by atoms with Crippen LogP contribution in [0.1, 0.15) is 47.0 Å². The standard InChI is InChI=1S/C15H25NO6/c1-14(2,3)6-5-11(17)7-10-8-21-15(4)12(22-16(18)19)9-20-13(10)15/h10,12-13H,5-9H2,1-4H3. The van der Waals surface area contributed by atoms with Crippen molar-refractivity contribution in [1.82, 2.24) is 0 Å². The van der Waals surface area contributed by atoms with Crippen molar-refractivity contribution >= 4 is 5.78 Å². The fraction of sp³-hybridized carbons (Fsp3) is 0.933. The molecule has 0 aromatic carbocycles. The molecule has 0 saturated carbocycles. The number of rotatable bonds is 6. The number of nitrogens with zero attached hydrogens (tertiary/aromatic N) is 1. The van der Waals surface area contributed by atoms with Crippen LogP contribution in [0.2, 0.25) is 0 Å². The molecular weight excluding hydrogens is 290 g/mol. The summed E-state index contributed by atoms with van der Waals surface area (Å²) in [5.41, 5.74) is -0.715. The summed E-state index contributed by atoms with van der Waals surface area (Å²) in [6.45, 7) is 8.58. The van der Waals surface area contributed by atoms with E-state index in [0.29, 0.717) is 19.4 Å². The molecule has 126 valence electrons. The minimum absolute atomic E-state index is 0.0576. The van der Waals surface area contributed by atoms with E-state index in [2.05, 4.69) is 25.6 Å². The van der Waals surface area contributed by atoms with Gasteiger partial charge in [-0.05, 0) is 18.8 Å². The minimum atomic E-state index is -0.845. The lowest BCUT2D eigenvalue weighted by molar-refractivity contribution is -0.771. The number of hydrogen-bond acceptors (Lipinski definition) is 6. The molecule has 0 aromatic rings. The highest BCUT2D eigenvalue weighted by Gasteiger charge is 2.58. The van der Waals surface area contributed by atoms with E-state index in [1.807, 2.05) is 0 Å². The smallest absolute Gasteiger partial charge is 0.294 e. The van der Waals surface area contributed by atoms with Crippen LogP contribution in [0, 0.1) is 21.4 Å². The zero-order valence-corrected chi connectivity index (χ0v) is 13.7. The zero-order chi connectivity index (χ0) is 16.5. The fourth-order valence-corrected chi connectivity index (χ4v) is 3.17. The van der Waals surface area contributed by atoms with Crippen LogP contribution in [0.3, 0.4) is 0 Å². The number of ether oxygens (including phenoxy) is 2. The quantitative estimate of drug-likeness (QED) is 0.551. The summed E-state index contributed by atoms with van der Waals surface area (Å²) < 4.78 is 11.4. The number of ketones is 1. The number of carbonyl (C=O) groups is 1. The molecular formula is C15H25NO6. The van der Waals surface area contributed by atoms with Gasteiger partial charge in [0.15, 0.2) is 6.10 Å². The number of hydrogen-bond donors (Lipinski definition) is 0. The Balaban J connectivity index is 1.91. The van der Waals surface area contributed by atoms with Gasteiger partial charge in [0.1, 0.15) is 11.4 Å². The van der Waals surface area contributed by atoms with Crippen LogP contribution in [0.4, 0.5) is 0 Å². The Morgan fingerprint density at radius 1 is 1.41 bits per heavy atom. The Morgan fingerprint density at radius 3 is 2.68 bits per heavy atom. The van der Waals surface area contributed by atoms with E-state index in [-0.39, 0.29) is 29.8 Å². The zero-order valence-electron chi connectivity index (χ0n) is 13.7. The Labute approximate surface area is 130 Å². The van der Waals surface area contributed by atoms with E-state index in [4.69, 9.17) is 9.47 Å². The molecule has 0 bridgehead atoms. The van der Waals surface area contributed by atoms with Gasteiger partial charge in [-0.3, -0.25) is 4.79 Å². The maximum Gasteiger partial charge on any atom is 0.294 e. The Hall–Kier alpha value is -1.21. The molecule has 0 aliphatic carbocycles. The van der Waals surface area contributed by atoms with Crippen molar-refractivity contribution in [3.8, 4) is 0 Å². The molecule has 2 heterocycles. The number of fused-ring (bicyclic) bond motifs is 1. The second-order valence-electron chi connectivity index (χ2n) is 7.63. The van der Waals surface area contributed by atoms with Crippen molar-refractivity contribution in [1.29, 1.82) is 0 Å². The van der Waals surface area contributed by atoms with Crippen molar-refractivity contribution in [2.24, 2.45) is 11.3 Å². The van der Waals surface area contributed by atoms with E-state index in [1.165, 1.54) is 0 Å². The predicted octanol–water partition coefficient (Wildman–Crippen LogP) is 2.15. The van der Waals surface area contributed by atoms with Gasteiger partial charge in [0.2, 0.25) is 0 Å². The van der Waals surface area contributed by atoms with Gasteiger partial charge in [-0.25, -0.2) is 0 Å². The number of Topliss-reactive ketones (excluding diaryl/α,β-unsaturated/α-hetero) is 1. The Morgan fingerprint density at radius 2 is 2.09 bits per heavy atom. The van der Waals surface area contributed by atoms with Crippen molar-refractivity contribution in [3.05, 3.63) is 10.1 Å². The van der Waals surface area contributed by atoms with Crippen LogP contribution >= 0.6 is 0 Å². The second kappa shape index (κ2) is 6.12. The molecule has 4 atom stereocenters. The maximum atomic E-state index is 12.1. The van der Waals surface area contributed by atoms with Gasteiger partial charge in [0.25, 0.3) is 5.09 Å². The lowest BCUT2D eigenvalue weighted by Gasteiger charge is -2.27. The van der Waals surface area contributed by atoms with Gasteiger partial charge in [0.05, 0.1) is 19.3 Å². The van der Waals surface area contributed by atoms with Gasteiger partial charge < -0.3 is 14.3 Å². The lowest BCUT2D eigenvalue weighted by atomic mass is 9.85. The SMILES string of the molecule is CC(C)(C)CCC(=O)CC1COC2(C)C(O[N+](=O)[O-])COC12. The van der Waals surface area contributed by atoms with Crippen LogP contribution in [0.5, 0.6) is 0 Å². The van der Waals surface area contributed by atoms with Crippen LogP contribution in [0.25, 0.3) is 0 Å². The molecule has 2 fully saturated rings. The van der Waals surface area contributed by atoms with Gasteiger partial charge in [-0.15, -0.1) is 10.1 Å². The van der Waals surface area contributed by atoms with Crippen molar-refractivity contribution in [3.63, 3.8) is 0 Å². The first-order valence-electron chi connectivity index (χ1n) is 7.70. The Bertz CT molecular complexity index is 446. The average Bonchev–Trinajstić information content (AvgIpc) is 2.84. The third-order valence-electron chi connectivity index (χ3n) is 4.52. The van der Waals surface area contributed by atoms with E-state index in [9.17, 15) is 14.9 Å². The second-order valence-corrected chi connectivity index (χ2v) is 7.63. The molecule has 0 spiro atoms. The third kappa shape index (κ3) is 3.76. The summed E-state index contributed by atoms with van der Waals surface area (Å²) in [6.07, 6.45) is 0.716. The largest absolute Gasteiger partial charge is 0.372 e. The minimum Gasteiger partial charge on any atom is -0.372 e. The van der Waals surface area contributed by atoms with Gasteiger partial charge in [0, 0.05) is 18.8 Å². The monoisotopic (exact) mass is 315 g/mol. The summed E-state index contributed by atoms with van der Waals surface area (Å²) in [5, 5.41) is 9.73. The Kier molecular flexibility index (Phi) is 4.77. The average molecular weight is 315 g/mol. The summed E-state index contributed by atoms with van der Waals surface area (Å²) in [6, 6.07) is 0.